The van der Waals surface area contributed by atoms with E-state index in [1.54, 1.807) is 0 Å². The van der Waals surface area contributed by atoms with Crippen LogP contribution < -0.4 is 0 Å². The summed E-state index contributed by atoms with van der Waals surface area (Å²) in [5.74, 6) is 0. The molecule has 48 valence electrons. The molecule has 4 nitrogen and oxygen atoms in total. The van der Waals surface area contributed by atoms with Gasteiger partial charge in [-0.05, 0) is 0 Å². The Morgan fingerprint density at radius 2 is 0.857 bits per heavy atom. The zero-order valence-electron chi connectivity index (χ0n) is 3.14. The van der Waals surface area contributed by atoms with Crippen molar-refractivity contribution in [2.75, 3.05) is 0 Å². The van der Waals surface area contributed by atoms with Crippen molar-refractivity contribution in [3.8, 4) is 0 Å². The van der Waals surface area contributed by atoms with Crippen LogP contribution in [0.2, 0.25) is 0 Å². The standard InChI is InChI=1S/La.H4O4Si.Tm/c;1-5(2,3)4;/h;1-4H;. The molecule has 0 saturated heterocycles. The maximum absolute atomic E-state index is 7.33. The van der Waals surface area contributed by atoms with Gasteiger partial charge in [0, 0.05) is 72.5 Å². The summed E-state index contributed by atoms with van der Waals surface area (Å²) in [6.07, 6.45) is 0. The van der Waals surface area contributed by atoms with Crippen molar-refractivity contribution >= 4 is 9.05 Å². The molecule has 7 heavy (non-hydrogen) atoms. The van der Waals surface area contributed by atoms with Gasteiger partial charge >= 0.3 is 9.05 Å². The van der Waals surface area contributed by atoms with Crippen molar-refractivity contribution < 1.29 is 91.7 Å². The molecule has 0 bridgehead atoms. The van der Waals surface area contributed by atoms with E-state index in [4.69, 9.17) is 19.2 Å². The van der Waals surface area contributed by atoms with E-state index < -0.39 is 9.05 Å². The largest absolute Gasteiger partial charge is 0.668 e. The third-order valence-electron chi connectivity index (χ3n) is 0. The Hall–Kier alpha value is 2.49. The van der Waals surface area contributed by atoms with Crippen molar-refractivity contribution in [1.29, 1.82) is 0 Å². The van der Waals surface area contributed by atoms with Crippen LogP contribution in [0.4, 0.5) is 0 Å². The second-order valence-corrected chi connectivity index (χ2v) is 1.80. The van der Waals surface area contributed by atoms with E-state index in [0.717, 1.165) is 0 Å². The molecule has 0 rings (SSSR count). The molecule has 2 radical (unpaired) electrons. The molecule has 0 aliphatic carbocycles. The molecule has 0 heterocycles. The van der Waals surface area contributed by atoms with Gasteiger partial charge in [-0.25, -0.2) is 0 Å². The van der Waals surface area contributed by atoms with Crippen LogP contribution in [0.5, 0.6) is 0 Å². The zero-order valence-corrected chi connectivity index (χ0v) is 9.55. The molecule has 0 aromatic rings. The molecule has 0 aliphatic heterocycles. The normalized spacial score (nSPS) is 8.57. The second-order valence-electron chi connectivity index (χ2n) is 0.600. The fourth-order valence-corrected chi connectivity index (χ4v) is 0. The molecule has 0 aromatic carbocycles. The van der Waals surface area contributed by atoms with Crippen LogP contribution in [-0.2, 0) is 0 Å². The first-order chi connectivity index (χ1) is 2.00. The summed E-state index contributed by atoms with van der Waals surface area (Å²) in [5.41, 5.74) is 0. The van der Waals surface area contributed by atoms with E-state index in [0.29, 0.717) is 0 Å². The molecule has 0 saturated carbocycles. The molecule has 0 aliphatic rings. The molecule has 0 amide bonds. The van der Waals surface area contributed by atoms with Gasteiger partial charge in [-0.1, -0.05) is 0 Å². The van der Waals surface area contributed by atoms with Crippen molar-refractivity contribution in [3.63, 3.8) is 0 Å². The van der Waals surface area contributed by atoms with Crippen LogP contribution in [0.1, 0.15) is 0 Å². The van der Waals surface area contributed by atoms with Gasteiger partial charge in [-0.2, -0.15) is 0 Å². The van der Waals surface area contributed by atoms with Gasteiger partial charge in [0.15, 0.2) is 0 Å². The minimum Gasteiger partial charge on any atom is -0.368 e. The molecule has 0 fully saturated rings. The Balaban J connectivity index is -0.0000000800. The van der Waals surface area contributed by atoms with Crippen molar-refractivity contribution in [2.24, 2.45) is 0 Å². The van der Waals surface area contributed by atoms with E-state index in [-0.39, 0.29) is 72.5 Å². The Bertz CT molecular complexity index is 27.2. The summed E-state index contributed by atoms with van der Waals surface area (Å²) in [5, 5.41) is 0. The fraction of sp³-hybridized carbons (Fsp3) is 0. The molecule has 0 spiro atoms. The summed E-state index contributed by atoms with van der Waals surface area (Å²) >= 11 is 0. The number of hydrogen-bond acceptors (Lipinski definition) is 4. The van der Waals surface area contributed by atoms with E-state index in [1.165, 1.54) is 0 Å². The molecule has 4 N–H and O–H groups in total. The van der Waals surface area contributed by atoms with Gasteiger partial charge < -0.3 is 19.2 Å². The average Bonchev–Trinajstić information content (AvgIpc) is 0.722. The average molecular weight is 404 g/mol. The van der Waals surface area contributed by atoms with Crippen molar-refractivity contribution in [3.05, 3.63) is 0 Å². The molecular weight excluding hydrogens is 400 g/mol. The summed E-state index contributed by atoms with van der Waals surface area (Å²) < 4.78 is 0. The summed E-state index contributed by atoms with van der Waals surface area (Å²) in [7, 11) is -4.61. The van der Waals surface area contributed by atoms with Crippen LogP contribution in [0, 0.1) is 72.5 Å². The Labute approximate surface area is 98.8 Å². The Morgan fingerprint density at radius 3 is 0.857 bits per heavy atom. The van der Waals surface area contributed by atoms with Crippen LogP contribution in [-0.4, -0.2) is 28.2 Å². The summed E-state index contributed by atoms with van der Waals surface area (Å²) in [6, 6.07) is 0. The Kier molecular flexibility index (Phi) is 15.3. The van der Waals surface area contributed by atoms with E-state index >= 15 is 0 Å². The first-order valence-electron chi connectivity index (χ1n) is 0.894. The molecule has 7 heteroatoms. The molecular formula is H4LaO4SiTm. The maximum Gasteiger partial charge on any atom is 0.668 e. The van der Waals surface area contributed by atoms with E-state index in [1.807, 2.05) is 0 Å². The van der Waals surface area contributed by atoms with Crippen LogP contribution in [0.25, 0.3) is 0 Å². The summed E-state index contributed by atoms with van der Waals surface area (Å²) in [4.78, 5) is 29.3. The van der Waals surface area contributed by atoms with E-state index in [9.17, 15) is 0 Å². The summed E-state index contributed by atoms with van der Waals surface area (Å²) in [6.45, 7) is 0. The smallest absolute Gasteiger partial charge is 0.368 e. The van der Waals surface area contributed by atoms with Gasteiger partial charge in [0.2, 0.25) is 0 Å². The second kappa shape index (κ2) is 6.60. The zero-order chi connectivity index (χ0) is 4.50. The van der Waals surface area contributed by atoms with Gasteiger partial charge in [0.25, 0.3) is 0 Å². The SMILES string of the molecule is O[Si](O)(O)O.[La].[Tm]. The van der Waals surface area contributed by atoms with Crippen LogP contribution in [0.3, 0.4) is 0 Å². The van der Waals surface area contributed by atoms with Crippen LogP contribution in [0.15, 0.2) is 0 Å². The number of rotatable bonds is 0. The minimum absolute atomic E-state index is 0. The predicted octanol–water partition coefficient (Wildman–Crippen LogP) is -2.61. The third-order valence-corrected chi connectivity index (χ3v) is 0. The molecule has 0 atom stereocenters. The maximum atomic E-state index is 7.33. The van der Waals surface area contributed by atoms with Gasteiger partial charge in [0.1, 0.15) is 0 Å². The minimum atomic E-state index is -4.61. The van der Waals surface area contributed by atoms with Crippen molar-refractivity contribution in [1.82, 2.24) is 0 Å². The van der Waals surface area contributed by atoms with E-state index in [2.05, 4.69) is 0 Å². The fourth-order valence-electron chi connectivity index (χ4n) is 0. The third kappa shape index (κ3) is 57.8. The first-order valence-corrected chi connectivity index (χ1v) is 2.68. The van der Waals surface area contributed by atoms with Gasteiger partial charge in [0.05, 0.1) is 0 Å². The quantitative estimate of drug-likeness (QED) is 0.334. The molecule has 0 unspecified atom stereocenters. The predicted molar refractivity (Wildman–Crippen MR) is 14.6 cm³/mol. The van der Waals surface area contributed by atoms with Gasteiger partial charge in [-0.15, -0.1) is 0 Å². The topological polar surface area (TPSA) is 80.9 Å². The first kappa shape index (κ1) is 16.2. The van der Waals surface area contributed by atoms with Crippen molar-refractivity contribution in [2.45, 2.75) is 0 Å². The number of hydrogen-bond donors (Lipinski definition) is 4. The van der Waals surface area contributed by atoms with Gasteiger partial charge in [-0.3, -0.25) is 0 Å². The molecule has 0 aromatic heterocycles. The Morgan fingerprint density at radius 1 is 0.857 bits per heavy atom. The monoisotopic (exact) mass is 404 g/mol. The van der Waals surface area contributed by atoms with Crippen LogP contribution >= 0.6 is 0 Å².